The molecule has 0 aliphatic heterocycles. The van der Waals surface area contributed by atoms with Gasteiger partial charge in [-0.05, 0) is 18.6 Å². The zero-order valence-electron chi connectivity index (χ0n) is 10.6. The molecule has 0 fully saturated rings. The molecule has 0 bridgehead atoms. The highest BCUT2D eigenvalue weighted by molar-refractivity contribution is 6.58. The minimum atomic E-state index is -4.28. The van der Waals surface area contributed by atoms with Crippen molar-refractivity contribution in [3.8, 4) is 5.75 Å². The van der Waals surface area contributed by atoms with Gasteiger partial charge in [0, 0.05) is 12.1 Å². The summed E-state index contributed by atoms with van der Waals surface area (Å²) in [6.45, 7) is -1.06. The molecule has 0 heterocycles. The van der Waals surface area contributed by atoms with Crippen LogP contribution in [-0.2, 0) is 6.54 Å². The molecule has 1 rings (SSSR count). The lowest BCUT2D eigenvalue weighted by molar-refractivity contribution is -0.144. The Kier molecular flexibility index (Phi) is 5.22. The van der Waals surface area contributed by atoms with Crippen LogP contribution in [0.15, 0.2) is 18.2 Å². The summed E-state index contributed by atoms with van der Waals surface area (Å²) in [4.78, 5) is 1.07. The van der Waals surface area contributed by atoms with Gasteiger partial charge in [0.15, 0.2) is 0 Å². The Morgan fingerprint density at radius 3 is 2.42 bits per heavy atom. The number of alkyl halides is 3. The number of hydrogen-bond acceptors (Lipinski definition) is 4. The topological polar surface area (TPSA) is 52.9 Å². The highest BCUT2D eigenvalue weighted by atomic mass is 19.4. The number of ether oxygens (including phenoxy) is 1. The first-order valence-corrected chi connectivity index (χ1v) is 5.51. The number of halogens is 3. The molecule has 1 aromatic carbocycles. The van der Waals surface area contributed by atoms with Crippen molar-refractivity contribution in [2.75, 3.05) is 20.7 Å². The van der Waals surface area contributed by atoms with E-state index in [-0.39, 0.29) is 12.0 Å². The van der Waals surface area contributed by atoms with Crippen LogP contribution in [0, 0.1) is 0 Å². The molecule has 0 aliphatic carbocycles. The molecule has 19 heavy (non-hydrogen) atoms. The second-order valence-corrected chi connectivity index (χ2v) is 4.23. The molecule has 1 aromatic rings. The van der Waals surface area contributed by atoms with Crippen molar-refractivity contribution < 1.29 is 28.0 Å². The first-order chi connectivity index (χ1) is 8.73. The van der Waals surface area contributed by atoms with E-state index in [0.29, 0.717) is 11.3 Å². The van der Waals surface area contributed by atoms with Gasteiger partial charge in [-0.25, -0.2) is 0 Å². The van der Waals surface area contributed by atoms with Crippen molar-refractivity contribution in [2.24, 2.45) is 0 Å². The highest BCUT2D eigenvalue weighted by Crippen LogP contribution is 2.21. The third-order valence-electron chi connectivity index (χ3n) is 2.49. The summed E-state index contributed by atoms with van der Waals surface area (Å²) in [5, 5.41) is 18.1. The summed E-state index contributed by atoms with van der Waals surface area (Å²) in [5.41, 5.74) is 0.663. The maximum Gasteiger partial charge on any atom is 0.488 e. The smallest absolute Gasteiger partial charge is 0.488 e. The van der Waals surface area contributed by atoms with E-state index in [1.165, 1.54) is 32.4 Å². The van der Waals surface area contributed by atoms with Gasteiger partial charge < -0.3 is 14.8 Å². The molecule has 0 saturated carbocycles. The van der Waals surface area contributed by atoms with Crippen molar-refractivity contribution in [3.05, 3.63) is 23.8 Å². The van der Waals surface area contributed by atoms with E-state index in [0.717, 1.165) is 4.90 Å². The Labute approximate surface area is 109 Å². The standard InChI is InChI=1S/C11H15BF3NO3/c1-16(7-11(13,14)15)6-8-5-9(12(17)18)3-4-10(8)19-2/h3-5,17-18H,6-7H2,1-2H3. The third-order valence-corrected chi connectivity index (χ3v) is 2.49. The van der Waals surface area contributed by atoms with E-state index >= 15 is 0 Å². The van der Waals surface area contributed by atoms with Crippen LogP contribution >= 0.6 is 0 Å². The van der Waals surface area contributed by atoms with Crippen LogP contribution in [0.25, 0.3) is 0 Å². The average Bonchev–Trinajstić information content (AvgIpc) is 2.26. The number of hydrogen-bond donors (Lipinski definition) is 2. The zero-order valence-corrected chi connectivity index (χ0v) is 10.6. The molecular weight excluding hydrogens is 262 g/mol. The van der Waals surface area contributed by atoms with Crippen molar-refractivity contribution in [1.29, 1.82) is 0 Å². The van der Waals surface area contributed by atoms with Crippen molar-refractivity contribution in [2.45, 2.75) is 12.7 Å². The molecule has 0 amide bonds. The average molecular weight is 277 g/mol. The SMILES string of the molecule is COc1ccc(B(O)O)cc1CN(C)CC(F)(F)F. The van der Waals surface area contributed by atoms with Crippen LogP contribution in [0.4, 0.5) is 13.2 Å². The summed E-state index contributed by atoms with van der Waals surface area (Å²) in [6.07, 6.45) is -4.28. The van der Waals surface area contributed by atoms with Crippen LogP contribution in [0.2, 0.25) is 0 Å². The third kappa shape index (κ3) is 5.10. The Morgan fingerprint density at radius 1 is 1.32 bits per heavy atom. The fraction of sp³-hybridized carbons (Fsp3) is 0.455. The number of nitrogens with zero attached hydrogens (tertiary/aromatic N) is 1. The molecule has 0 aliphatic rings. The van der Waals surface area contributed by atoms with Gasteiger partial charge in [-0.3, -0.25) is 4.90 Å². The van der Waals surface area contributed by atoms with E-state index in [1.54, 1.807) is 0 Å². The molecule has 8 heteroatoms. The number of methoxy groups -OCH3 is 1. The predicted octanol–water partition coefficient (Wildman–Crippen LogP) is 0.369. The zero-order chi connectivity index (χ0) is 14.6. The van der Waals surface area contributed by atoms with Crippen LogP contribution in [0.5, 0.6) is 5.75 Å². The van der Waals surface area contributed by atoms with E-state index < -0.39 is 19.8 Å². The van der Waals surface area contributed by atoms with E-state index in [1.807, 2.05) is 0 Å². The van der Waals surface area contributed by atoms with Gasteiger partial charge in [-0.2, -0.15) is 13.2 Å². The largest absolute Gasteiger partial charge is 0.496 e. The van der Waals surface area contributed by atoms with Gasteiger partial charge in [0.1, 0.15) is 5.75 Å². The van der Waals surface area contributed by atoms with E-state index in [4.69, 9.17) is 14.8 Å². The fourth-order valence-electron chi connectivity index (χ4n) is 1.74. The fourth-order valence-corrected chi connectivity index (χ4v) is 1.74. The lowest BCUT2D eigenvalue weighted by atomic mass is 9.79. The van der Waals surface area contributed by atoms with Gasteiger partial charge in [-0.1, -0.05) is 12.1 Å². The van der Waals surface area contributed by atoms with Crippen LogP contribution in [0.1, 0.15) is 5.56 Å². The second-order valence-electron chi connectivity index (χ2n) is 4.23. The lowest BCUT2D eigenvalue weighted by Gasteiger charge is -2.20. The quantitative estimate of drug-likeness (QED) is 0.763. The summed E-state index contributed by atoms with van der Waals surface area (Å²) in [7, 11) is 1.06. The summed E-state index contributed by atoms with van der Waals surface area (Å²) in [5.74, 6) is 0.401. The highest BCUT2D eigenvalue weighted by Gasteiger charge is 2.29. The van der Waals surface area contributed by atoms with Gasteiger partial charge >= 0.3 is 13.3 Å². The minimum Gasteiger partial charge on any atom is -0.496 e. The molecule has 2 N–H and O–H groups in total. The normalized spacial score (nSPS) is 11.8. The van der Waals surface area contributed by atoms with Gasteiger partial charge in [0.2, 0.25) is 0 Å². The van der Waals surface area contributed by atoms with E-state index in [9.17, 15) is 13.2 Å². The first-order valence-electron chi connectivity index (χ1n) is 5.51. The Balaban J connectivity index is 2.88. The predicted molar refractivity (Wildman–Crippen MR) is 65.2 cm³/mol. The summed E-state index contributed by atoms with van der Waals surface area (Å²) < 4.78 is 41.8. The molecule has 4 nitrogen and oxygen atoms in total. The summed E-state index contributed by atoms with van der Waals surface area (Å²) >= 11 is 0. The second kappa shape index (κ2) is 6.27. The molecule has 106 valence electrons. The monoisotopic (exact) mass is 277 g/mol. The van der Waals surface area contributed by atoms with Crippen LogP contribution in [0.3, 0.4) is 0 Å². The minimum absolute atomic E-state index is 0.0107. The van der Waals surface area contributed by atoms with Crippen molar-refractivity contribution in [1.82, 2.24) is 4.90 Å². The first kappa shape index (κ1) is 15.8. The Bertz CT molecular complexity index is 426. The molecule has 0 radical (unpaired) electrons. The van der Waals surface area contributed by atoms with Gasteiger partial charge in [0.25, 0.3) is 0 Å². The Morgan fingerprint density at radius 2 is 1.95 bits per heavy atom. The van der Waals surface area contributed by atoms with Crippen molar-refractivity contribution >= 4 is 12.6 Å². The lowest BCUT2D eigenvalue weighted by Crippen LogP contribution is -2.33. The maximum absolute atomic E-state index is 12.2. The molecular formula is C11H15BF3NO3. The van der Waals surface area contributed by atoms with Crippen LogP contribution in [-0.4, -0.2) is 48.9 Å². The maximum atomic E-state index is 12.2. The molecule has 0 aromatic heterocycles. The molecule has 0 saturated heterocycles. The Hall–Kier alpha value is -1.25. The molecule has 0 unspecified atom stereocenters. The van der Waals surface area contributed by atoms with Crippen molar-refractivity contribution in [3.63, 3.8) is 0 Å². The summed E-state index contributed by atoms with van der Waals surface area (Å²) in [6, 6.07) is 4.35. The van der Waals surface area contributed by atoms with E-state index in [2.05, 4.69) is 0 Å². The molecule has 0 atom stereocenters. The van der Waals surface area contributed by atoms with Gasteiger partial charge in [0.05, 0.1) is 13.7 Å². The van der Waals surface area contributed by atoms with Gasteiger partial charge in [-0.15, -0.1) is 0 Å². The number of benzene rings is 1. The molecule has 0 spiro atoms. The van der Waals surface area contributed by atoms with Crippen LogP contribution < -0.4 is 10.2 Å². The number of rotatable bonds is 5.